The molecule has 1 aliphatic rings. The first-order valence-corrected chi connectivity index (χ1v) is 8.04. The van der Waals surface area contributed by atoms with Gasteiger partial charge in [0.1, 0.15) is 0 Å². The Morgan fingerprint density at radius 2 is 2.16 bits per heavy atom. The van der Waals surface area contributed by atoms with Crippen LogP contribution in [0.4, 0.5) is 0 Å². The summed E-state index contributed by atoms with van der Waals surface area (Å²) < 4.78 is 6.14. The van der Waals surface area contributed by atoms with E-state index in [1.807, 2.05) is 0 Å². The summed E-state index contributed by atoms with van der Waals surface area (Å²) in [5.41, 5.74) is -0.0338. The number of hydrogen-bond acceptors (Lipinski definition) is 1. The number of hydrogen-bond donors (Lipinski definition) is 0. The molecule has 2 atom stereocenters. The molecule has 1 aliphatic heterocycles. The monoisotopic (exact) mass is 284 g/mol. The summed E-state index contributed by atoms with van der Waals surface area (Å²) in [5.74, 6) is 0.489. The van der Waals surface area contributed by atoms with E-state index in [1.165, 1.54) is 19.3 Å². The molecule has 0 amide bonds. The van der Waals surface area contributed by atoms with Crippen LogP contribution in [0, 0.1) is 11.3 Å². The third-order valence-electron chi connectivity index (χ3n) is 4.29. The normalized spacial score (nSPS) is 27.3. The number of rotatable bonds is 4. The molecule has 1 unspecified atom stereocenters. The molecule has 0 spiro atoms. The fourth-order valence-electron chi connectivity index (χ4n) is 2.43. The van der Waals surface area contributed by atoms with Crippen molar-refractivity contribution in [3.63, 3.8) is 0 Å². The second-order valence-electron chi connectivity index (χ2n) is 6.03. The lowest BCUT2D eigenvalue weighted by atomic mass is 9.73. The van der Waals surface area contributed by atoms with Gasteiger partial charge in [-0.1, -0.05) is 63.9 Å². The van der Waals surface area contributed by atoms with Crippen molar-refractivity contribution in [3.05, 3.63) is 23.3 Å². The Kier molecular flexibility index (Phi) is 7.17. The SMILES string of the molecule is CC/C(Cl)=C\[C@@](C)(C(C)C)C1/C=C\CCCCCO1. The van der Waals surface area contributed by atoms with Crippen molar-refractivity contribution in [2.75, 3.05) is 6.61 Å². The Bertz CT molecular complexity index is 319. The maximum absolute atomic E-state index is 6.30. The minimum absolute atomic E-state index is 0.0338. The first kappa shape index (κ1) is 16.8. The molecular weight excluding hydrogens is 256 g/mol. The molecule has 0 aliphatic carbocycles. The first-order chi connectivity index (χ1) is 9.00. The van der Waals surface area contributed by atoms with Gasteiger partial charge in [-0.05, 0) is 31.6 Å². The summed E-state index contributed by atoms with van der Waals surface area (Å²) in [6.07, 6.45) is 12.6. The quantitative estimate of drug-likeness (QED) is 0.602. The maximum atomic E-state index is 6.30. The van der Waals surface area contributed by atoms with Gasteiger partial charge in [0.25, 0.3) is 0 Å². The van der Waals surface area contributed by atoms with Crippen molar-refractivity contribution in [2.45, 2.75) is 65.9 Å². The number of ether oxygens (including phenoxy) is 1. The van der Waals surface area contributed by atoms with E-state index in [1.54, 1.807) is 0 Å². The molecule has 0 saturated heterocycles. The van der Waals surface area contributed by atoms with Crippen LogP contribution in [0.3, 0.4) is 0 Å². The molecule has 0 saturated carbocycles. The predicted molar refractivity (Wildman–Crippen MR) is 84.5 cm³/mol. The predicted octanol–water partition coefficient (Wildman–Crippen LogP) is 5.70. The Morgan fingerprint density at radius 1 is 1.42 bits per heavy atom. The number of halogens is 1. The summed E-state index contributed by atoms with van der Waals surface area (Å²) in [4.78, 5) is 0. The molecule has 1 nitrogen and oxygen atoms in total. The lowest BCUT2D eigenvalue weighted by Crippen LogP contribution is -2.36. The van der Waals surface area contributed by atoms with Crippen LogP contribution in [0.1, 0.15) is 59.8 Å². The largest absolute Gasteiger partial charge is 0.373 e. The summed E-state index contributed by atoms with van der Waals surface area (Å²) in [7, 11) is 0. The molecule has 1 heterocycles. The van der Waals surface area contributed by atoms with Gasteiger partial charge in [-0.3, -0.25) is 0 Å². The van der Waals surface area contributed by atoms with Crippen LogP contribution in [0.2, 0.25) is 0 Å². The second-order valence-corrected chi connectivity index (χ2v) is 6.52. The molecule has 0 aromatic carbocycles. The van der Waals surface area contributed by atoms with Gasteiger partial charge < -0.3 is 4.74 Å². The van der Waals surface area contributed by atoms with E-state index in [4.69, 9.17) is 16.3 Å². The summed E-state index contributed by atoms with van der Waals surface area (Å²) >= 11 is 6.30. The number of allylic oxidation sites excluding steroid dienone is 2. The topological polar surface area (TPSA) is 9.23 Å². The smallest absolute Gasteiger partial charge is 0.0846 e. The Labute approximate surface area is 124 Å². The molecule has 0 bridgehead atoms. The Hall–Kier alpha value is -0.270. The molecule has 19 heavy (non-hydrogen) atoms. The Morgan fingerprint density at radius 3 is 2.79 bits per heavy atom. The third kappa shape index (κ3) is 4.96. The summed E-state index contributed by atoms with van der Waals surface area (Å²) in [6.45, 7) is 9.72. The minimum atomic E-state index is -0.0338. The van der Waals surface area contributed by atoms with Crippen LogP contribution in [-0.2, 0) is 4.74 Å². The fraction of sp³-hybridized carbons (Fsp3) is 0.765. The molecule has 0 fully saturated rings. The second kappa shape index (κ2) is 8.11. The van der Waals surface area contributed by atoms with Gasteiger partial charge in [-0.2, -0.15) is 0 Å². The van der Waals surface area contributed by atoms with Crippen molar-refractivity contribution in [2.24, 2.45) is 11.3 Å². The van der Waals surface area contributed by atoms with E-state index < -0.39 is 0 Å². The van der Waals surface area contributed by atoms with Gasteiger partial charge in [0.2, 0.25) is 0 Å². The molecule has 1 rings (SSSR count). The zero-order valence-corrected chi connectivity index (χ0v) is 13.7. The molecule has 110 valence electrons. The zero-order chi connectivity index (χ0) is 14.3. The average Bonchev–Trinajstić information content (AvgIpc) is 2.51. The van der Waals surface area contributed by atoms with Gasteiger partial charge in [-0.25, -0.2) is 0 Å². The molecule has 0 aromatic heterocycles. The van der Waals surface area contributed by atoms with E-state index in [9.17, 15) is 0 Å². The van der Waals surface area contributed by atoms with E-state index in [2.05, 4.69) is 45.9 Å². The first-order valence-electron chi connectivity index (χ1n) is 7.66. The van der Waals surface area contributed by atoms with Crippen LogP contribution in [-0.4, -0.2) is 12.7 Å². The standard InChI is InChI=1S/C17H29ClO/c1-5-15(18)13-17(4,14(2)3)16-11-9-7-6-8-10-12-19-16/h9,11,13-14,16H,5-8,10,12H2,1-4H3/b11-9-,15-13+/t16?,17-/m0/s1. The van der Waals surface area contributed by atoms with Gasteiger partial charge in [-0.15, -0.1) is 0 Å². The minimum Gasteiger partial charge on any atom is -0.373 e. The van der Waals surface area contributed by atoms with Crippen LogP contribution in [0.25, 0.3) is 0 Å². The van der Waals surface area contributed by atoms with Gasteiger partial charge in [0.05, 0.1) is 6.10 Å². The van der Waals surface area contributed by atoms with Crippen LogP contribution in [0.15, 0.2) is 23.3 Å². The van der Waals surface area contributed by atoms with Crippen LogP contribution >= 0.6 is 11.6 Å². The van der Waals surface area contributed by atoms with Gasteiger partial charge in [0.15, 0.2) is 0 Å². The van der Waals surface area contributed by atoms with E-state index in [0.29, 0.717) is 5.92 Å². The fourth-order valence-corrected chi connectivity index (χ4v) is 2.67. The average molecular weight is 285 g/mol. The van der Waals surface area contributed by atoms with Crippen molar-refractivity contribution in [1.29, 1.82) is 0 Å². The van der Waals surface area contributed by atoms with Crippen LogP contribution < -0.4 is 0 Å². The van der Waals surface area contributed by atoms with E-state index >= 15 is 0 Å². The summed E-state index contributed by atoms with van der Waals surface area (Å²) in [6, 6.07) is 0. The highest BCUT2D eigenvalue weighted by Crippen LogP contribution is 2.38. The van der Waals surface area contributed by atoms with Crippen molar-refractivity contribution in [1.82, 2.24) is 0 Å². The maximum Gasteiger partial charge on any atom is 0.0846 e. The van der Waals surface area contributed by atoms with E-state index in [0.717, 1.165) is 24.5 Å². The van der Waals surface area contributed by atoms with E-state index in [-0.39, 0.29) is 11.5 Å². The highest BCUT2D eigenvalue weighted by Gasteiger charge is 2.35. The highest BCUT2D eigenvalue weighted by molar-refractivity contribution is 6.29. The Balaban J connectivity index is 2.97. The highest BCUT2D eigenvalue weighted by atomic mass is 35.5. The van der Waals surface area contributed by atoms with Gasteiger partial charge in [0, 0.05) is 17.1 Å². The van der Waals surface area contributed by atoms with Crippen LogP contribution in [0.5, 0.6) is 0 Å². The van der Waals surface area contributed by atoms with Gasteiger partial charge >= 0.3 is 0 Å². The molecular formula is C17H29ClO. The molecule has 2 heteroatoms. The molecule has 0 aromatic rings. The van der Waals surface area contributed by atoms with Crippen molar-refractivity contribution < 1.29 is 4.74 Å². The lowest BCUT2D eigenvalue weighted by molar-refractivity contribution is -0.00143. The van der Waals surface area contributed by atoms with Crippen molar-refractivity contribution >= 4 is 11.6 Å². The summed E-state index contributed by atoms with van der Waals surface area (Å²) in [5, 5.41) is 0.938. The van der Waals surface area contributed by atoms with Crippen molar-refractivity contribution in [3.8, 4) is 0 Å². The lowest BCUT2D eigenvalue weighted by Gasteiger charge is -2.37. The molecule has 0 N–H and O–H groups in total. The zero-order valence-electron chi connectivity index (χ0n) is 12.9. The molecule has 0 radical (unpaired) electrons. The third-order valence-corrected chi connectivity index (χ3v) is 4.66.